The average Bonchev–Trinajstić information content (AvgIpc) is 3.90. The van der Waals surface area contributed by atoms with Crippen molar-refractivity contribution in [3.05, 3.63) is 112 Å². The zero-order valence-corrected chi connectivity index (χ0v) is 28.5. The molecular weight excluding hydrogens is 649 g/mol. The number of aromatic nitrogens is 3. The first kappa shape index (κ1) is 32.8. The van der Waals surface area contributed by atoms with Crippen molar-refractivity contribution in [1.82, 2.24) is 25.1 Å². The molecule has 2 amide bonds. The maximum Gasteiger partial charge on any atom is 0.253 e. The molecule has 0 spiro atoms. The number of aryl methyl sites for hydroxylation is 1. The van der Waals surface area contributed by atoms with Gasteiger partial charge in [-0.05, 0) is 65.9 Å². The lowest BCUT2D eigenvalue weighted by Gasteiger charge is -2.22. The smallest absolute Gasteiger partial charge is 0.253 e. The SMILES string of the molecule is COc1ccc([C@@H]2CC(c3cccs3)=NN2C(=O)CSc2nnc(CNC(=O)c3cc(OC)cc(OC)c3)n2-c2cccc(C)c2)cc1. The van der Waals surface area contributed by atoms with Crippen molar-refractivity contribution < 1.29 is 23.8 Å². The fourth-order valence-corrected chi connectivity index (χ4v) is 6.89. The molecule has 0 radical (unpaired) electrons. The summed E-state index contributed by atoms with van der Waals surface area (Å²) in [6.07, 6.45) is 0.603. The first-order valence-electron chi connectivity index (χ1n) is 15.1. The minimum atomic E-state index is -0.326. The Morgan fingerprint density at radius 1 is 0.917 bits per heavy atom. The average molecular weight is 683 g/mol. The second-order valence-electron chi connectivity index (χ2n) is 10.9. The molecule has 1 atom stereocenters. The topological polar surface area (TPSA) is 120 Å². The molecule has 1 N–H and O–H groups in total. The zero-order chi connectivity index (χ0) is 33.6. The van der Waals surface area contributed by atoms with Crippen LogP contribution >= 0.6 is 23.1 Å². The third kappa shape index (κ3) is 7.21. The summed E-state index contributed by atoms with van der Waals surface area (Å²) in [5, 5.41) is 20.7. The van der Waals surface area contributed by atoms with Crippen LogP contribution in [0.4, 0.5) is 0 Å². The molecule has 0 bridgehead atoms. The van der Waals surface area contributed by atoms with Crippen LogP contribution in [-0.4, -0.2) is 64.4 Å². The van der Waals surface area contributed by atoms with Crippen molar-refractivity contribution in [1.29, 1.82) is 0 Å². The lowest BCUT2D eigenvalue weighted by Crippen LogP contribution is -2.28. The summed E-state index contributed by atoms with van der Waals surface area (Å²) in [7, 11) is 4.69. The highest BCUT2D eigenvalue weighted by Gasteiger charge is 2.34. The Morgan fingerprint density at radius 3 is 2.33 bits per heavy atom. The van der Waals surface area contributed by atoms with E-state index in [4.69, 9.17) is 19.3 Å². The molecule has 48 heavy (non-hydrogen) atoms. The molecule has 246 valence electrons. The van der Waals surface area contributed by atoms with Gasteiger partial charge in [0.1, 0.15) is 17.2 Å². The van der Waals surface area contributed by atoms with Gasteiger partial charge in [0.2, 0.25) is 0 Å². The largest absolute Gasteiger partial charge is 0.497 e. The van der Waals surface area contributed by atoms with E-state index in [0.29, 0.717) is 34.5 Å². The number of hydrogen-bond donors (Lipinski definition) is 1. The van der Waals surface area contributed by atoms with Crippen molar-refractivity contribution in [2.75, 3.05) is 27.1 Å². The van der Waals surface area contributed by atoms with E-state index in [1.165, 1.54) is 26.0 Å². The summed E-state index contributed by atoms with van der Waals surface area (Å²) >= 11 is 2.87. The summed E-state index contributed by atoms with van der Waals surface area (Å²) in [6.45, 7) is 2.09. The highest BCUT2D eigenvalue weighted by Crippen LogP contribution is 2.35. The molecule has 3 aromatic carbocycles. The van der Waals surface area contributed by atoms with Gasteiger partial charge in [-0.1, -0.05) is 42.1 Å². The minimum absolute atomic E-state index is 0.0772. The quantitative estimate of drug-likeness (QED) is 0.158. The molecule has 0 unspecified atom stereocenters. The van der Waals surface area contributed by atoms with Crippen LogP contribution in [0.15, 0.2) is 94.5 Å². The van der Waals surface area contributed by atoms with Crippen molar-refractivity contribution in [3.63, 3.8) is 0 Å². The predicted molar refractivity (Wildman–Crippen MR) is 186 cm³/mol. The Balaban J connectivity index is 1.23. The third-order valence-corrected chi connectivity index (χ3v) is 9.61. The van der Waals surface area contributed by atoms with E-state index in [-0.39, 0.29) is 30.2 Å². The minimum Gasteiger partial charge on any atom is -0.497 e. The molecule has 3 heterocycles. The lowest BCUT2D eigenvalue weighted by molar-refractivity contribution is -0.130. The predicted octanol–water partition coefficient (Wildman–Crippen LogP) is 6.06. The van der Waals surface area contributed by atoms with Crippen LogP contribution in [0.5, 0.6) is 17.2 Å². The number of ether oxygens (including phenoxy) is 3. The Bertz CT molecular complexity index is 1920. The molecule has 1 aliphatic rings. The molecule has 1 aliphatic heterocycles. The second-order valence-corrected chi connectivity index (χ2v) is 12.8. The lowest BCUT2D eigenvalue weighted by atomic mass is 10.0. The molecule has 2 aromatic heterocycles. The summed E-state index contributed by atoms with van der Waals surface area (Å²) in [4.78, 5) is 28.1. The molecule has 0 aliphatic carbocycles. The van der Waals surface area contributed by atoms with Crippen LogP contribution < -0.4 is 19.5 Å². The summed E-state index contributed by atoms with van der Waals surface area (Å²) in [6, 6.07) is 24.4. The molecule has 0 saturated carbocycles. The van der Waals surface area contributed by atoms with E-state index in [1.807, 2.05) is 77.5 Å². The van der Waals surface area contributed by atoms with Crippen molar-refractivity contribution in [3.8, 4) is 22.9 Å². The fourth-order valence-electron chi connectivity index (χ4n) is 5.34. The highest BCUT2D eigenvalue weighted by molar-refractivity contribution is 7.99. The van der Waals surface area contributed by atoms with Gasteiger partial charge < -0.3 is 19.5 Å². The summed E-state index contributed by atoms with van der Waals surface area (Å²) in [5.74, 6) is 1.86. The third-order valence-electron chi connectivity index (χ3n) is 7.78. The van der Waals surface area contributed by atoms with E-state index in [9.17, 15) is 9.59 Å². The number of hydrazone groups is 1. The Kier molecular flexibility index (Phi) is 10.1. The first-order chi connectivity index (χ1) is 23.4. The number of carbonyl (C=O) groups excluding carboxylic acids is 2. The number of thiophene rings is 1. The van der Waals surface area contributed by atoms with Gasteiger partial charge in [-0.15, -0.1) is 21.5 Å². The number of amides is 2. The van der Waals surface area contributed by atoms with Crippen LogP contribution in [0.25, 0.3) is 5.69 Å². The molecular formula is C35H34N6O5S2. The van der Waals surface area contributed by atoms with E-state index in [2.05, 4.69) is 15.5 Å². The van der Waals surface area contributed by atoms with Gasteiger partial charge in [-0.3, -0.25) is 14.2 Å². The molecule has 0 saturated heterocycles. The molecule has 0 fully saturated rings. The maximum atomic E-state index is 13.9. The zero-order valence-electron chi connectivity index (χ0n) is 26.9. The number of rotatable bonds is 12. The van der Waals surface area contributed by atoms with Crippen molar-refractivity contribution in [2.24, 2.45) is 5.10 Å². The van der Waals surface area contributed by atoms with Gasteiger partial charge in [-0.25, -0.2) is 5.01 Å². The number of carbonyl (C=O) groups is 2. The standard InChI is InChI=1S/C35H34N6O5S2/c1-22-7-5-8-25(15-22)40-32(20-36-34(43)24-16-27(45-3)18-28(17-24)46-4)37-38-35(40)48-21-33(42)41-30(23-10-12-26(44-2)13-11-23)19-29(39-41)31-9-6-14-47-31/h5-18,30H,19-21H2,1-4H3,(H,36,43)/t30-/m0/s1. The van der Waals surface area contributed by atoms with E-state index < -0.39 is 0 Å². The van der Waals surface area contributed by atoms with Crippen LogP contribution in [-0.2, 0) is 11.3 Å². The summed E-state index contributed by atoms with van der Waals surface area (Å²) in [5.41, 5.74) is 4.09. The molecule has 6 rings (SSSR count). The number of nitrogens with zero attached hydrogens (tertiary/aromatic N) is 5. The first-order valence-corrected chi connectivity index (χ1v) is 17.0. The van der Waals surface area contributed by atoms with Gasteiger partial charge >= 0.3 is 0 Å². The van der Waals surface area contributed by atoms with Gasteiger partial charge in [0.15, 0.2) is 11.0 Å². The van der Waals surface area contributed by atoms with Crippen LogP contribution in [0.2, 0.25) is 0 Å². The Labute approximate surface area is 286 Å². The van der Waals surface area contributed by atoms with Crippen LogP contribution in [0, 0.1) is 6.92 Å². The Hall–Kier alpha value is -5.14. The van der Waals surface area contributed by atoms with Gasteiger partial charge in [0.05, 0.1) is 50.3 Å². The number of thioether (sulfide) groups is 1. The normalized spacial score (nSPS) is 14.0. The molecule has 11 nitrogen and oxygen atoms in total. The number of nitrogens with one attached hydrogen (secondary N) is 1. The van der Waals surface area contributed by atoms with E-state index in [0.717, 1.165) is 33.2 Å². The number of benzene rings is 3. The van der Waals surface area contributed by atoms with E-state index >= 15 is 0 Å². The second kappa shape index (κ2) is 14.7. The molecule has 5 aromatic rings. The van der Waals surface area contributed by atoms with Crippen molar-refractivity contribution in [2.45, 2.75) is 31.1 Å². The summed E-state index contributed by atoms with van der Waals surface area (Å²) < 4.78 is 17.8. The van der Waals surface area contributed by atoms with Crippen molar-refractivity contribution >= 4 is 40.6 Å². The maximum absolute atomic E-state index is 13.9. The van der Waals surface area contributed by atoms with E-state index in [1.54, 1.807) is 41.7 Å². The Morgan fingerprint density at radius 2 is 1.67 bits per heavy atom. The van der Waals surface area contributed by atoms with Crippen LogP contribution in [0.3, 0.4) is 0 Å². The van der Waals surface area contributed by atoms with Gasteiger partial charge in [0.25, 0.3) is 11.8 Å². The van der Waals surface area contributed by atoms with Gasteiger partial charge in [0, 0.05) is 23.7 Å². The molecule has 13 heteroatoms. The van der Waals surface area contributed by atoms with Gasteiger partial charge in [-0.2, -0.15) is 5.10 Å². The monoisotopic (exact) mass is 682 g/mol. The number of hydrogen-bond acceptors (Lipinski definition) is 10. The number of methoxy groups -OCH3 is 3. The fraction of sp³-hybridized carbons (Fsp3) is 0.229. The van der Waals surface area contributed by atoms with Crippen LogP contribution in [0.1, 0.15) is 44.6 Å². The highest BCUT2D eigenvalue weighted by atomic mass is 32.2.